The molecule has 3 rings (SSSR count). The molecule has 39 heavy (non-hydrogen) atoms. The first-order valence-electron chi connectivity index (χ1n) is 13.7. The Hall–Kier alpha value is -2.00. The third-order valence-corrected chi connectivity index (χ3v) is 9.78. The minimum Gasteiger partial charge on any atom is -0.379 e. The molecule has 0 aromatic heterocycles. The van der Waals surface area contributed by atoms with Crippen molar-refractivity contribution < 1.29 is 12.9 Å². The van der Waals surface area contributed by atoms with Crippen LogP contribution in [0.3, 0.4) is 0 Å². The summed E-state index contributed by atoms with van der Waals surface area (Å²) in [4.78, 5) is 0. The molecule has 3 aromatic rings. The average molecular weight is 567 g/mol. The van der Waals surface area contributed by atoms with Crippen molar-refractivity contribution in [3.8, 4) is 5.75 Å². The van der Waals surface area contributed by atoms with Gasteiger partial charge in [-0.2, -0.15) is 4.21 Å². The molecule has 0 heterocycles. The van der Waals surface area contributed by atoms with Crippen molar-refractivity contribution in [2.75, 3.05) is 0 Å². The maximum Gasteiger partial charge on any atom is 0.357 e. The van der Waals surface area contributed by atoms with E-state index in [1.54, 1.807) is 6.07 Å². The molecule has 0 bridgehead atoms. The maximum absolute atomic E-state index is 11.8. The Kier molecular flexibility index (Phi) is 8.98. The van der Waals surface area contributed by atoms with Gasteiger partial charge < -0.3 is 4.18 Å². The van der Waals surface area contributed by atoms with E-state index in [0.717, 1.165) is 5.30 Å². The first kappa shape index (κ1) is 31.5. The predicted molar refractivity (Wildman–Crippen MR) is 171 cm³/mol. The van der Waals surface area contributed by atoms with Gasteiger partial charge in [0.1, 0.15) is 0 Å². The van der Waals surface area contributed by atoms with Gasteiger partial charge in [-0.25, -0.2) is 0 Å². The molecule has 5 heteroatoms. The lowest BCUT2D eigenvalue weighted by Gasteiger charge is -2.33. The van der Waals surface area contributed by atoms with Gasteiger partial charge in [-0.15, -0.1) is 0 Å². The number of hydrogen-bond donors (Lipinski definition) is 1. The van der Waals surface area contributed by atoms with E-state index < -0.39 is 19.3 Å². The summed E-state index contributed by atoms with van der Waals surface area (Å²) in [6.45, 7) is 27.2. The summed E-state index contributed by atoms with van der Waals surface area (Å²) in [5.41, 5.74) is 5.25. The lowest BCUT2D eigenvalue weighted by molar-refractivity contribution is 0.459. The summed E-state index contributed by atoms with van der Waals surface area (Å²) in [6.07, 6.45) is 0. The summed E-state index contributed by atoms with van der Waals surface area (Å²) in [5, 5.41) is 3.33. The summed E-state index contributed by atoms with van der Waals surface area (Å²) in [7, 11) is -1.09. The van der Waals surface area contributed by atoms with Gasteiger partial charge in [0.25, 0.3) is 0 Å². The van der Waals surface area contributed by atoms with E-state index >= 15 is 0 Å². The fourth-order valence-electron chi connectivity index (χ4n) is 5.11. The van der Waals surface area contributed by atoms with Crippen LogP contribution in [0, 0.1) is 0 Å². The third kappa shape index (κ3) is 7.40. The quantitative estimate of drug-likeness (QED) is 0.250. The minimum absolute atomic E-state index is 0.00642. The highest BCUT2D eigenvalue weighted by Crippen LogP contribution is 2.42. The van der Waals surface area contributed by atoms with Crippen LogP contribution < -0.4 is 20.1 Å². The zero-order chi connectivity index (χ0) is 29.6. The standard InChI is InChI=1S/C34H47O3PS/c1-31(2,3)25-19-17-23(21-27(25)33(7,8)9)38(30-16-14-13-15-29(30)37-39(35)36)24-18-20-26(32(4,5)6)28(22-24)34(10,11)12/h13-22H,1-12H3,(H,35,36). The molecular weight excluding hydrogens is 519 g/mol. The Bertz CT molecular complexity index is 1270. The van der Waals surface area contributed by atoms with Gasteiger partial charge in [-0.3, -0.25) is 4.55 Å². The van der Waals surface area contributed by atoms with Crippen LogP contribution in [0.4, 0.5) is 0 Å². The molecule has 3 aromatic carbocycles. The van der Waals surface area contributed by atoms with Gasteiger partial charge in [0.2, 0.25) is 0 Å². The van der Waals surface area contributed by atoms with E-state index in [4.69, 9.17) is 4.18 Å². The molecule has 1 atom stereocenters. The van der Waals surface area contributed by atoms with Crippen molar-refractivity contribution in [2.45, 2.75) is 105 Å². The van der Waals surface area contributed by atoms with Crippen LogP contribution in [0.5, 0.6) is 5.75 Å². The van der Waals surface area contributed by atoms with Crippen molar-refractivity contribution in [2.24, 2.45) is 0 Å². The van der Waals surface area contributed by atoms with E-state index in [2.05, 4.69) is 119 Å². The molecular formula is C34H47O3PS. The van der Waals surface area contributed by atoms with Crippen LogP contribution in [0.2, 0.25) is 0 Å². The fourth-order valence-corrected chi connectivity index (χ4v) is 7.86. The third-order valence-electron chi connectivity index (χ3n) is 7.02. The molecule has 0 aliphatic heterocycles. The molecule has 0 aliphatic carbocycles. The first-order chi connectivity index (χ1) is 17.7. The first-order valence-corrected chi connectivity index (χ1v) is 16.1. The maximum atomic E-state index is 11.8. The average Bonchev–Trinajstić information content (AvgIpc) is 2.77. The predicted octanol–water partition coefficient (Wildman–Crippen LogP) is 8.15. The number of rotatable bonds is 5. The van der Waals surface area contributed by atoms with E-state index in [1.165, 1.54) is 32.9 Å². The summed E-state index contributed by atoms with van der Waals surface area (Å²) >= 11 is -2.41. The summed E-state index contributed by atoms with van der Waals surface area (Å²) in [6, 6.07) is 21.5. The van der Waals surface area contributed by atoms with Gasteiger partial charge in [-0.1, -0.05) is 126 Å². The van der Waals surface area contributed by atoms with Gasteiger partial charge in [0.05, 0.1) is 0 Å². The highest BCUT2D eigenvalue weighted by Gasteiger charge is 2.31. The molecule has 0 amide bonds. The molecule has 3 nitrogen and oxygen atoms in total. The SMILES string of the molecule is CC(C)(C)c1ccc(P(c2ccc(C(C)(C)C)c(C(C)(C)C)c2)c2ccccc2OS(=O)O)cc1C(C)(C)C. The molecule has 1 unspecified atom stereocenters. The van der Waals surface area contributed by atoms with Crippen molar-refractivity contribution in [1.82, 2.24) is 0 Å². The Morgan fingerprint density at radius 1 is 0.590 bits per heavy atom. The molecule has 0 fully saturated rings. The molecule has 0 radical (unpaired) electrons. The monoisotopic (exact) mass is 566 g/mol. The highest BCUT2D eigenvalue weighted by atomic mass is 32.2. The lowest BCUT2D eigenvalue weighted by atomic mass is 9.75. The van der Waals surface area contributed by atoms with Crippen LogP contribution in [0.15, 0.2) is 60.7 Å². The van der Waals surface area contributed by atoms with E-state index in [0.29, 0.717) is 5.75 Å². The summed E-state index contributed by atoms with van der Waals surface area (Å²) < 4.78 is 26.9. The second-order valence-electron chi connectivity index (χ2n) is 14.6. The van der Waals surface area contributed by atoms with Crippen LogP contribution >= 0.6 is 7.92 Å². The second-order valence-corrected chi connectivity index (χ2v) is 17.3. The Balaban J connectivity index is 2.42. The van der Waals surface area contributed by atoms with Crippen molar-refractivity contribution in [3.05, 3.63) is 82.9 Å². The minimum atomic E-state index is -2.41. The smallest absolute Gasteiger partial charge is 0.357 e. The van der Waals surface area contributed by atoms with Crippen LogP contribution in [0.25, 0.3) is 0 Å². The van der Waals surface area contributed by atoms with Crippen LogP contribution in [0.1, 0.15) is 105 Å². The Morgan fingerprint density at radius 3 is 1.33 bits per heavy atom. The van der Waals surface area contributed by atoms with Gasteiger partial charge >= 0.3 is 11.4 Å². The van der Waals surface area contributed by atoms with Crippen molar-refractivity contribution >= 4 is 35.2 Å². The van der Waals surface area contributed by atoms with E-state index in [-0.39, 0.29) is 21.7 Å². The van der Waals surface area contributed by atoms with Crippen LogP contribution in [-0.4, -0.2) is 8.76 Å². The molecule has 0 aliphatic rings. The molecule has 1 N–H and O–H groups in total. The van der Waals surface area contributed by atoms with Crippen molar-refractivity contribution in [3.63, 3.8) is 0 Å². The topological polar surface area (TPSA) is 46.5 Å². The summed E-state index contributed by atoms with van der Waals surface area (Å²) in [5.74, 6) is 0.443. The molecule has 0 saturated heterocycles. The number of hydrogen-bond acceptors (Lipinski definition) is 2. The zero-order valence-corrected chi connectivity index (χ0v) is 27.6. The largest absolute Gasteiger partial charge is 0.379 e. The normalized spacial score (nSPS) is 14.0. The lowest BCUT2D eigenvalue weighted by Crippen LogP contribution is -2.29. The molecule has 212 valence electrons. The van der Waals surface area contributed by atoms with Gasteiger partial charge in [0, 0.05) is 5.30 Å². The Labute approximate surface area is 241 Å². The van der Waals surface area contributed by atoms with Gasteiger partial charge in [-0.05, 0) is 80.6 Å². The molecule has 0 spiro atoms. The zero-order valence-electron chi connectivity index (χ0n) is 25.9. The van der Waals surface area contributed by atoms with Crippen LogP contribution in [-0.2, 0) is 33.0 Å². The number of para-hydroxylation sites is 1. The van der Waals surface area contributed by atoms with Gasteiger partial charge in [0.15, 0.2) is 5.75 Å². The highest BCUT2D eigenvalue weighted by molar-refractivity contribution is 7.80. The second kappa shape index (κ2) is 11.1. The number of benzene rings is 3. The van der Waals surface area contributed by atoms with Crippen molar-refractivity contribution in [1.29, 1.82) is 0 Å². The fraction of sp³-hybridized carbons (Fsp3) is 0.471. The van der Waals surface area contributed by atoms with E-state index in [9.17, 15) is 8.76 Å². The Morgan fingerprint density at radius 2 is 0.974 bits per heavy atom. The molecule has 0 saturated carbocycles. The van der Waals surface area contributed by atoms with E-state index in [1.807, 2.05) is 18.2 Å².